The van der Waals surface area contributed by atoms with Crippen LogP contribution in [0.5, 0.6) is 0 Å². The van der Waals surface area contributed by atoms with Crippen molar-refractivity contribution in [2.45, 2.75) is 51.8 Å². The van der Waals surface area contributed by atoms with E-state index in [1.165, 1.54) is 12.1 Å². The maximum Gasteiger partial charge on any atom is 0.309 e. The molecule has 8 heteroatoms. The summed E-state index contributed by atoms with van der Waals surface area (Å²) in [7, 11) is 0. The second-order valence-electron chi connectivity index (χ2n) is 8.77. The van der Waals surface area contributed by atoms with Gasteiger partial charge in [-0.15, -0.1) is 6.58 Å². The zero-order chi connectivity index (χ0) is 22.7. The zero-order valence-corrected chi connectivity index (χ0v) is 18.3. The van der Waals surface area contributed by atoms with Crippen LogP contribution in [-0.4, -0.2) is 50.7 Å². The minimum Gasteiger partial charge on any atom is -0.481 e. The molecule has 2 aromatic rings. The van der Waals surface area contributed by atoms with Gasteiger partial charge in [-0.2, -0.15) is 5.10 Å². The summed E-state index contributed by atoms with van der Waals surface area (Å²) in [6.45, 7) is 8.66. The maximum atomic E-state index is 13.2. The Hall–Kier alpha value is -3.00. The van der Waals surface area contributed by atoms with E-state index < -0.39 is 11.4 Å². The number of hydrogen-bond acceptors (Lipinski definition) is 5. The topological polar surface area (TPSA) is 80.0 Å². The normalized spacial score (nSPS) is 20.6. The summed E-state index contributed by atoms with van der Waals surface area (Å²) in [4.78, 5) is 20.2. The van der Waals surface area contributed by atoms with Gasteiger partial charge in [-0.1, -0.05) is 23.4 Å². The SMILES string of the molecule is C=CCn1ncc(CN2CCC(CC3CC(c4ccc(F)cc4)=NO3)(C(=O)O)CC2)c1C. The minimum absolute atomic E-state index is 0.280. The summed E-state index contributed by atoms with van der Waals surface area (Å²) in [5.41, 5.74) is 2.99. The third kappa shape index (κ3) is 4.60. The van der Waals surface area contributed by atoms with Gasteiger partial charge < -0.3 is 9.94 Å². The van der Waals surface area contributed by atoms with Crippen molar-refractivity contribution in [1.29, 1.82) is 0 Å². The lowest BCUT2D eigenvalue weighted by Crippen LogP contribution is -2.45. The predicted octanol–water partition coefficient (Wildman–Crippen LogP) is 3.77. The van der Waals surface area contributed by atoms with E-state index in [9.17, 15) is 14.3 Å². The standard InChI is InChI=1S/C24H29FN4O3/c1-3-10-29-17(2)19(15-26-29)16-28-11-8-24(9-12-28,23(30)31)14-21-13-22(27-32-21)18-4-6-20(25)7-5-18/h3-7,15,21H,1,8-14,16H2,2H3,(H,30,31). The van der Waals surface area contributed by atoms with Gasteiger partial charge in [0.2, 0.25) is 0 Å². The number of aliphatic carboxylic acids is 1. The van der Waals surface area contributed by atoms with Gasteiger partial charge in [-0.3, -0.25) is 14.4 Å². The van der Waals surface area contributed by atoms with Gasteiger partial charge in [0.25, 0.3) is 0 Å². The molecule has 1 saturated heterocycles. The highest BCUT2D eigenvalue weighted by atomic mass is 19.1. The number of piperidine rings is 1. The van der Waals surface area contributed by atoms with Crippen LogP contribution in [-0.2, 0) is 22.7 Å². The average molecular weight is 441 g/mol. The molecule has 1 aromatic heterocycles. The number of hydrogen-bond donors (Lipinski definition) is 1. The van der Waals surface area contributed by atoms with E-state index in [0.29, 0.717) is 45.3 Å². The number of carboxylic acid groups (broad SMARTS) is 1. The molecular weight excluding hydrogens is 411 g/mol. The number of oxime groups is 1. The number of allylic oxidation sites excluding steroid dienone is 1. The van der Waals surface area contributed by atoms with E-state index in [1.54, 1.807) is 12.1 Å². The Morgan fingerprint density at radius 1 is 1.34 bits per heavy atom. The first kappa shape index (κ1) is 22.2. The fraction of sp³-hybridized carbons (Fsp3) is 0.458. The van der Waals surface area contributed by atoms with Crippen molar-refractivity contribution >= 4 is 11.7 Å². The molecule has 1 fully saturated rings. The third-order valence-electron chi connectivity index (χ3n) is 6.70. The van der Waals surface area contributed by atoms with Gasteiger partial charge in [-0.25, -0.2) is 4.39 Å². The van der Waals surface area contributed by atoms with Crippen molar-refractivity contribution in [3.8, 4) is 0 Å². The first-order valence-corrected chi connectivity index (χ1v) is 11.0. The number of rotatable bonds is 8. The summed E-state index contributed by atoms with van der Waals surface area (Å²) in [6.07, 6.45) is 5.51. The molecule has 4 rings (SSSR count). The summed E-state index contributed by atoms with van der Waals surface area (Å²) in [5, 5.41) is 18.6. The molecule has 2 aliphatic rings. The Morgan fingerprint density at radius 2 is 2.06 bits per heavy atom. The lowest BCUT2D eigenvalue weighted by molar-refractivity contribution is -0.155. The molecule has 2 aliphatic heterocycles. The number of carboxylic acids is 1. The van der Waals surface area contributed by atoms with Crippen molar-refractivity contribution in [1.82, 2.24) is 14.7 Å². The largest absolute Gasteiger partial charge is 0.481 e. The van der Waals surface area contributed by atoms with E-state index >= 15 is 0 Å². The molecule has 7 nitrogen and oxygen atoms in total. The Labute approximate surface area is 187 Å². The molecule has 1 unspecified atom stereocenters. The van der Waals surface area contributed by atoms with Gasteiger partial charge in [0, 0.05) is 30.6 Å². The lowest BCUT2D eigenvalue weighted by Gasteiger charge is -2.39. The van der Waals surface area contributed by atoms with Crippen molar-refractivity contribution < 1.29 is 19.1 Å². The monoisotopic (exact) mass is 440 g/mol. The van der Waals surface area contributed by atoms with Gasteiger partial charge in [0.05, 0.1) is 23.9 Å². The molecule has 0 aliphatic carbocycles. The number of likely N-dealkylation sites (tertiary alicyclic amines) is 1. The molecule has 3 heterocycles. The Morgan fingerprint density at radius 3 is 2.72 bits per heavy atom. The van der Waals surface area contributed by atoms with E-state index in [2.05, 4.69) is 21.7 Å². The number of nitrogens with zero attached hydrogens (tertiary/aromatic N) is 4. The van der Waals surface area contributed by atoms with Crippen molar-refractivity contribution in [2.75, 3.05) is 13.1 Å². The molecule has 1 N–H and O–H groups in total. The van der Waals surface area contributed by atoms with Crippen LogP contribution in [0.25, 0.3) is 0 Å². The third-order valence-corrected chi connectivity index (χ3v) is 6.70. The summed E-state index contributed by atoms with van der Waals surface area (Å²) in [6, 6.07) is 6.13. The molecule has 170 valence electrons. The molecule has 0 radical (unpaired) electrons. The van der Waals surface area contributed by atoms with Crippen molar-refractivity contribution in [2.24, 2.45) is 10.6 Å². The quantitative estimate of drug-likeness (QED) is 0.632. The molecule has 0 bridgehead atoms. The highest BCUT2D eigenvalue weighted by Crippen LogP contribution is 2.39. The fourth-order valence-corrected chi connectivity index (χ4v) is 4.62. The zero-order valence-electron chi connectivity index (χ0n) is 18.3. The fourth-order valence-electron chi connectivity index (χ4n) is 4.62. The molecule has 1 atom stereocenters. The summed E-state index contributed by atoms with van der Waals surface area (Å²) < 4.78 is 15.1. The summed E-state index contributed by atoms with van der Waals surface area (Å²) >= 11 is 0. The minimum atomic E-state index is -0.822. The van der Waals surface area contributed by atoms with Crippen molar-refractivity contribution in [3.63, 3.8) is 0 Å². The van der Waals surface area contributed by atoms with Crippen LogP contribution in [0.1, 0.15) is 42.5 Å². The predicted molar refractivity (Wildman–Crippen MR) is 119 cm³/mol. The Balaban J connectivity index is 1.35. The second kappa shape index (κ2) is 9.24. The van der Waals surface area contributed by atoms with Crippen LogP contribution < -0.4 is 0 Å². The first-order chi connectivity index (χ1) is 15.4. The number of carbonyl (C=O) groups is 1. The van der Waals surface area contributed by atoms with E-state index in [0.717, 1.165) is 29.1 Å². The van der Waals surface area contributed by atoms with Gasteiger partial charge >= 0.3 is 5.97 Å². The smallest absolute Gasteiger partial charge is 0.309 e. The number of aromatic nitrogens is 2. The van der Waals surface area contributed by atoms with Crippen LogP contribution in [0.3, 0.4) is 0 Å². The van der Waals surface area contributed by atoms with E-state index in [4.69, 9.17) is 4.84 Å². The van der Waals surface area contributed by atoms with Crippen LogP contribution in [0, 0.1) is 18.2 Å². The Bertz CT molecular complexity index is 1010. The Kier molecular flexibility index (Phi) is 6.41. The molecule has 0 saturated carbocycles. The lowest BCUT2D eigenvalue weighted by atomic mass is 9.73. The van der Waals surface area contributed by atoms with E-state index in [1.807, 2.05) is 23.9 Å². The van der Waals surface area contributed by atoms with Gasteiger partial charge in [0.15, 0.2) is 0 Å². The van der Waals surface area contributed by atoms with E-state index in [-0.39, 0.29) is 11.9 Å². The van der Waals surface area contributed by atoms with Crippen LogP contribution in [0.15, 0.2) is 48.3 Å². The molecule has 1 aromatic carbocycles. The van der Waals surface area contributed by atoms with Crippen LogP contribution in [0.2, 0.25) is 0 Å². The molecular formula is C24H29FN4O3. The van der Waals surface area contributed by atoms with Crippen LogP contribution in [0.4, 0.5) is 4.39 Å². The molecule has 0 amide bonds. The molecule has 0 spiro atoms. The highest BCUT2D eigenvalue weighted by Gasteiger charge is 2.45. The summed E-state index contributed by atoms with van der Waals surface area (Å²) in [5.74, 6) is -1.07. The highest BCUT2D eigenvalue weighted by molar-refractivity contribution is 6.01. The van der Waals surface area contributed by atoms with Gasteiger partial charge in [0.1, 0.15) is 11.9 Å². The first-order valence-electron chi connectivity index (χ1n) is 11.0. The number of benzene rings is 1. The maximum absolute atomic E-state index is 13.2. The van der Waals surface area contributed by atoms with Crippen LogP contribution >= 0.6 is 0 Å². The average Bonchev–Trinajstić information content (AvgIpc) is 3.38. The van der Waals surface area contributed by atoms with Crippen molar-refractivity contribution in [3.05, 3.63) is 65.8 Å². The number of halogens is 1. The molecule has 32 heavy (non-hydrogen) atoms. The second-order valence-corrected chi connectivity index (χ2v) is 8.77. The van der Waals surface area contributed by atoms with Gasteiger partial charge in [-0.05, 0) is 50.6 Å².